The lowest BCUT2D eigenvalue weighted by molar-refractivity contribution is -0.134. The zero-order valence-corrected chi connectivity index (χ0v) is 16.1. The molecule has 0 fully saturated rings. The summed E-state index contributed by atoms with van der Waals surface area (Å²) in [5.41, 5.74) is 0.182. The van der Waals surface area contributed by atoms with Gasteiger partial charge in [0.05, 0.1) is 5.38 Å². The first-order valence-corrected chi connectivity index (χ1v) is 10.3. The van der Waals surface area contributed by atoms with Gasteiger partial charge in [-0.25, -0.2) is 12.8 Å². The SMILES string of the molecule is C=CC(c1ccc(F)cc1Cl)S(=O)(=O)Nc1nc(OC(=O)CCC)cs1. The van der Waals surface area contributed by atoms with Crippen LogP contribution in [0.2, 0.25) is 5.02 Å². The van der Waals surface area contributed by atoms with Gasteiger partial charge in [-0.1, -0.05) is 30.7 Å². The summed E-state index contributed by atoms with van der Waals surface area (Å²) in [6.07, 6.45) is 2.04. The van der Waals surface area contributed by atoms with Crippen molar-refractivity contribution in [3.05, 3.63) is 52.6 Å². The molecular weight excluding hydrogens is 403 g/mol. The largest absolute Gasteiger partial charge is 0.406 e. The normalized spacial score (nSPS) is 12.4. The first-order valence-electron chi connectivity index (χ1n) is 7.52. The molecule has 2 aromatic rings. The minimum absolute atomic E-state index is 0.0149. The summed E-state index contributed by atoms with van der Waals surface area (Å²) in [6, 6.07) is 3.42. The fraction of sp³-hybridized carbons (Fsp3) is 0.250. The number of nitrogens with one attached hydrogen (secondary N) is 1. The average Bonchev–Trinajstić information content (AvgIpc) is 2.96. The molecule has 1 N–H and O–H groups in total. The minimum Gasteiger partial charge on any atom is -0.406 e. The molecule has 0 saturated heterocycles. The van der Waals surface area contributed by atoms with Crippen molar-refractivity contribution in [2.24, 2.45) is 0 Å². The van der Waals surface area contributed by atoms with Crippen LogP contribution in [0.5, 0.6) is 5.88 Å². The van der Waals surface area contributed by atoms with E-state index in [1.165, 1.54) is 17.5 Å². The van der Waals surface area contributed by atoms with Gasteiger partial charge in [-0.2, -0.15) is 4.98 Å². The number of aromatic nitrogens is 1. The van der Waals surface area contributed by atoms with Gasteiger partial charge in [-0.15, -0.1) is 17.9 Å². The standard InChI is InChI=1S/C16H16ClFN2O4S2/c1-3-5-15(21)24-14-9-25-16(19-14)20-26(22,23)13(4-2)11-7-6-10(18)8-12(11)17/h4,6-9,13H,2-3,5H2,1H3,(H,19,20). The number of nitrogens with zero attached hydrogens (tertiary/aromatic N) is 1. The molecule has 10 heteroatoms. The van der Waals surface area contributed by atoms with Crippen molar-refractivity contribution in [2.75, 3.05) is 4.72 Å². The van der Waals surface area contributed by atoms with E-state index >= 15 is 0 Å². The Balaban J connectivity index is 2.20. The van der Waals surface area contributed by atoms with Crippen LogP contribution in [0.1, 0.15) is 30.6 Å². The number of hydrogen-bond acceptors (Lipinski definition) is 6. The van der Waals surface area contributed by atoms with Crippen LogP contribution in [-0.2, 0) is 14.8 Å². The number of sulfonamides is 1. The molecule has 0 aliphatic heterocycles. The zero-order chi connectivity index (χ0) is 19.3. The molecule has 140 valence electrons. The molecule has 0 aliphatic rings. The van der Waals surface area contributed by atoms with E-state index in [1.807, 2.05) is 6.92 Å². The highest BCUT2D eigenvalue weighted by molar-refractivity contribution is 7.93. The number of benzene rings is 1. The number of halogens is 2. The van der Waals surface area contributed by atoms with Crippen LogP contribution < -0.4 is 9.46 Å². The molecule has 0 saturated carbocycles. The topological polar surface area (TPSA) is 85.4 Å². The van der Waals surface area contributed by atoms with E-state index in [9.17, 15) is 17.6 Å². The molecule has 0 bridgehead atoms. The highest BCUT2D eigenvalue weighted by atomic mass is 35.5. The Hall–Kier alpha value is -1.97. The summed E-state index contributed by atoms with van der Waals surface area (Å²) in [5, 5.41) is 0.188. The quantitative estimate of drug-likeness (QED) is 0.510. The second-order valence-electron chi connectivity index (χ2n) is 5.18. The molecule has 0 radical (unpaired) electrons. The summed E-state index contributed by atoms with van der Waals surface area (Å²) < 4.78 is 45.7. The highest BCUT2D eigenvalue weighted by Gasteiger charge is 2.27. The predicted molar refractivity (Wildman–Crippen MR) is 99.5 cm³/mol. The Bertz CT molecular complexity index is 915. The van der Waals surface area contributed by atoms with Gasteiger partial charge >= 0.3 is 5.97 Å². The number of anilines is 1. The summed E-state index contributed by atoms with van der Waals surface area (Å²) >= 11 is 6.91. The average molecular weight is 419 g/mol. The molecule has 0 spiro atoms. The summed E-state index contributed by atoms with van der Waals surface area (Å²) in [6.45, 7) is 5.35. The number of hydrogen-bond donors (Lipinski definition) is 1. The maximum atomic E-state index is 13.2. The Labute approximate surface area is 159 Å². The number of ether oxygens (including phenoxy) is 1. The molecular formula is C16H16ClFN2O4S2. The monoisotopic (exact) mass is 418 g/mol. The van der Waals surface area contributed by atoms with E-state index in [4.69, 9.17) is 16.3 Å². The first kappa shape index (κ1) is 20.3. The smallest absolute Gasteiger partial charge is 0.312 e. The molecule has 1 atom stereocenters. The van der Waals surface area contributed by atoms with Crippen molar-refractivity contribution in [1.29, 1.82) is 0 Å². The van der Waals surface area contributed by atoms with Crippen molar-refractivity contribution >= 4 is 44.1 Å². The predicted octanol–water partition coefficient (Wildman–Crippen LogP) is 4.31. The zero-order valence-electron chi connectivity index (χ0n) is 13.7. The van der Waals surface area contributed by atoms with E-state index in [0.29, 0.717) is 6.42 Å². The lowest BCUT2D eigenvalue weighted by atomic mass is 10.1. The van der Waals surface area contributed by atoms with Crippen LogP contribution in [-0.4, -0.2) is 19.4 Å². The maximum Gasteiger partial charge on any atom is 0.312 e. The Morgan fingerprint density at radius 3 is 2.88 bits per heavy atom. The van der Waals surface area contributed by atoms with E-state index < -0.39 is 27.1 Å². The van der Waals surface area contributed by atoms with Gasteiger partial charge in [0.15, 0.2) is 5.13 Å². The van der Waals surface area contributed by atoms with Crippen LogP contribution in [0.25, 0.3) is 0 Å². The number of thiazole rings is 1. The minimum atomic E-state index is -4.01. The van der Waals surface area contributed by atoms with Crippen molar-refractivity contribution in [3.8, 4) is 5.88 Å². The van der Waals surface area contributed by atoms with E-state index in [-0.39, 0.29) is 28.0 Å². The number of esters is 1. The van der Waals surface area contributed by atoms with E-state index in [2.05, 4.69) is 16.3 Å². The van der Waals surface area contributed by atoms with Crippen LogP contribution in [0.15, 0.2) is 36.2 Å². The maximum absolute atomic E-state index is 13.2. The Morgan fingerprint density at radius 2 is 2.27 bits per heavy atom. The van der Waals surface area contributed by atoms with Crippen molar-refractivity contribution in [1.82, 2.24) is 4.98 Å². The molecule has 6 nitrogen and oxygen atoms in total. The number of carbonyl (C=O) groups is 1. The van der Waals surface area contributed by atoms with Crippen molar-refractivity contribution in [3.63, 3.8) is 0 Å². The van der Waals surface area contributed by atoms with Gasteiger partial charge in [0.2, 0.25) is 15.9 Å². The lowest BCUT2D eigenvalue weighted by Gasteiger charge is -2.15. The van der Waals surface area contributed by atoms with Crippen molar-refractivity contribution in [2.45, 2.75) is 25.0 Å². The van der Waals surface area contributed by atoms with Crippen LogP contribution >= 0.6 is 22.9 Å². The third-order valence-electron chi connectivity index (χ3n) is 3.20. The van der Waals surface area contributed by atoms with Gasteiger partial charge in [0.1, 0.15) is 11.1 Å². The number of carbonyl (C=O) groups excluding carboxylic acids is 1. The first-order chi connectivity index (χ1) is 12.3. The fourth-order valence-electron chi connectivity index (χ4n) is 2.06. The second kappa shape index (κ2) is 8.61. The Kier molecular flexibility index (Phi) is 6.74. The molecule has 26 heavy (non-hydrogen) atoms. The third kappa shape index (κ3) is 5.03. The summed E-state index contributed by atoms with van der Waals surface area (Å²) in [4.78, 5) is 15.4. The fourth-order valence-corrected chi connectivity index (χ4v) is 4.62. The molecule has 1 aromatic carbocycles. The van der Waals surface area contributed by atoms with Gasteiger partial charge < -0.3 is 4.74 Å². The third-order valence-corrected chi connectivity index (χ3v) is 5.99. The highest BCUT2D eigenvalue weighted by Crippen LogP contribution is 2.32. The van der Waals surface area contributed by atoms with Gasteiger partial charge in [0.25, 0.3) is 0 Å². The van der Waals surface area contributed by atoms with Crippen molar-refractivity contribution < 1.29 is 22.3 Å². The van der Waals surface area contributed by atoms with E-state index in [0.717, 1.165) is 23.5 Å². The number of rotatable bonds is 8. The molecule has 1 heterocycles. The second-order valence-corrected chi connectivity index (χ2v) is 8.25. The summed E-state index contributed by atoms with van der Waals surface area (Å²) in [7, 11) is -4.01. The van der Waals surface area contributed by atoms with Gasteiger partial charge in [-0.05, 0) is 24.1 Å². The molecule has 2 rings (SSSR count). The molecule has 1 aromatic heterocycles. The molecule has 0 aliphatic carbocycles. The van der Waals surface area contributed by atoms with Gasteiger partial charge in [-0.3, -0.25) is 9.52 Å². The van der Waals surface area contributed by atoms with Crippen LogP contribution in [0, 0.1) is 5.82 Å². The lowest BCUT2D eigenvalue weighted by Crippen LogP contribution is -2.20. The summed E-state index contributed by atoms with van der Waals surface area (Å²) in [5.74, 6) is -1.01. The van der Waals surface area contributed by atoms with Crippen LogP contribution in [0.4, 0.5) is 9.52 Å². The Morgan fingerprint density at radius 1 is 1.54 bits per heavy atom. The molecule has 0 amide bonds. The van der Waals surface area contributed by atoms with Gasteiger partial charge in [0, 0.05) is 11.4 Å². The van der Waals surface area contributed by atoms with E-state index in [1.54, 1.807) is 0 Å². The molecule has 1 unspecified atom stereocenters. The van der Waals surface area contributed by atoms with Crippen LogP contribution in [0.3, 0.4) is 0 Å².